The molecule has 2 aromatic rings. The molecule has 1 aliphatic carbocycles. The van der Waals surface area contributed by atoms with Crippen LogP contribution in [-0.4, -0.2) is 41.4 Å². The number of imide groups is 1. The number of fused-ring (bicyclic) bond motifs is 1. The maximum Gasteiger partial charge on any atom is 0.325 e. The number of hydrogen-bond acceptors (Lipinski definition) is 4. The minimum Gasteiger partial charge on any atom is -0.489 e. The lowest BCUT2D eigenvalue weighted by Gasteiger charge is -2.38. The predicted octanol–water partition coefficient (Wildman–Crippen LogP) is 3.65. The van der Waals surface area contributed by atoms with Gasteiger partial charge in [-0.3, -0.25) is 19.4 Å². The van der Waals surface area contributed by atoms with Gasteiger partial charge in [0.2, 0.25) is 5.91 Å². The first kappa shape index (κ1) is 20.5. The maximum absolute atomic E-state index is 13.6. The molecule has 0 bridgehead atoms. The van der Waals surface area contributed by atoms with Crippen molar-refractivity contribution in [2.75, 3.05) is 18.1 Å². The van der Waals surface area contributed by atoms with Gasteiger partial charge in [0, 0.05) is 0 Å². The highest BCUT2D eigenvalue weighted by Gasteiger charge is 2.55. The fourth-order valence-corrected chi connectivity index (χ4v) is 5.27. The molecule has 0 aromatic heterocycles. The number of urea groups is 1. The van der Waals surface area contributed by atoms with Gasteiger partial charge in [-0.2, -0.15) is 0 Å². The van der Waals surface area contributed by atoms with Crippen molar-refractivity contribution in [1.82, 2.24) is 10.2 Å². The van der Waals surface area contributed by atoms with E-state index in [1.165, 1.54) is 0 Å². The first-order chi connectivity index (χ1) is 15.5. The summed E-state index contributed by atoms with van der Waals surface area (Å²) in [5, 5.41) is 2.93. The summed E-state index contributed by atoms with van der Waals surface area (Å²) in [5.74, 6) is 0.0797. The highest BCUT2D eigenvalue weighted by atomic mass is 16.5. The SMILES string of the molecule is C[C@@H]1CCCC[C@@]12NC(=O)N(CC(=O)N1c3ccccc3OC[C@@H]1c1ccccc1)C2=O. The molecule has 3 aliphatic rings. The molecule has 0 unspecified atom stereocenters. The first-order valence-corrected chi connectivity index (χ1v) is 11.2. The molecule has 1 spiro atoms. The lowest BCUT2D eigenvalue weighted by Crippen LogP contribution is -2.54. The number of amides is 4. The van der Waals surface area contributed by atoms with Crippen LogP contribution in [0.15, 0.2) is 54.6 Å². The second kappa shape index (κ2) is 7.97. The molecule has 1 saturated carbocycles. The molecule has 2 aromatic carbocycles. The van der Waals surface area contributed by atoms with Gasteiger partial charge in [0.05, 0.1) is 11.7 Å². The van der Waals surface area contributed by atoms with E-state index in [-0.39, 0.29) is 30.3 Å². The Hall–Kier alpha value is -3.35. The van der Waals surface area contributed by atoms with E-state index in [4.69, 9.17) is 4.74 Å². The lowest BCUT2D eigenvalue weighted by atomic mass is 9.73. The maximum atomic E-state index is 13.6. The third-order valence-corrected chi connectivity index (χ3v) is 7.08. The van der Waals surface area contributed by atoms with Gasteiger partial charge < -0.3 is 10.1 Å². The smallest absolute Gasteiger partial charge is 0.325 e. The van der Waals surface area contributed by atoms with Gasteiger partial charge >= 0.3 is 6.03 Å². The van der Waals surface area contributed by atoms with Crippen LogP contribution in [-0.2, 0) is 9.59 Å². The number of para-hydroxylation sites is 2. The Balaban J connectivity index is 1.45. The Morgan fingerprint density at radius 3 is 2.62 bits per heavy atom. The Kier molecular flexibility index (Phi) is 5.12. The zero-order valence-electron chi connectivity index (χ0n) is 18.1. The van der Waals surface area contributed by atoms with Crippen LogP contribution in [0.1, 0.15) is 44.2 Å². The summed E-state index contributed by atoms with van der Waals surface area (Å²) in [5.41, 5.74) is 0.701. The average Bonchev–Trinajstić information content (AvgIpc) is 3.05. The largest absolute Gasteiger partial charge is 0.489 e. The highest BCUT2D eigenvalue weighted by Crippen LogP contribution is 2.41. The van der Waals surface area contributed by atoms with Gasteiger partial charge in [-0.1, -0.05) is 62.2 Å². The summed E-state index contributed by atoms with van der Waals surface area (Å²) in [7, 11) is 0. The monoisotopic (exact) mass is 433 g/mol. The van der Waals surface area contributed by atoms with Crippen LogP contribution < -0.4 is 15.0 Å². The van der Waals surface area contributed by atoms with E-state index in [9.17, 15) is 14.4 Å². The van der Waals surface area contributed by atoms with Crippen LogP contribution in [0.4, 0.5) is 10.5 Å². The number of benzene rings is 2. The van der Waals surface area contributed by atoms with Crippen LogP contribution in [0, 0.1) is 5.92 Å². The zero-order chi connectivity index (χ0) is 22.3. The van der Waals surface area contributed by atoms with Crippen LogP contribution >= 0.6 is 0 Å². The second-order valence-electron chi connectivity index (χ2n) is 8.91. The quantitative estimate of drug-likeness (QED) is 0.750. The number of rotatable bonds is 3. The third-order valence-electron chi connectivity index (χ3n) is 7.08. The zero-order valence-corrected chi connectivity index (χ0v) is 18.1. The summed E-state index contributed by atoms with van der Waals surface area (Å²) < 4.78 is 5.93. The fourth-order valence-electron chi connectivity index (χ4n) is 5.27. The van der Waals surface area contributed by atoms with Crippen molar-refractivity contribution in [2.45, 2.75) is 44.2 Å². The molecule has 166 valence electrons. The molecule has 0 radical (unpaired) electrons. The molecule has 4 amide bonds. The predicted molar refractivity (Wildman–Crippen MR) is 119 cm³/mol. The summed E-state index contributed by atoms with van der Waals surface area (Å²) in [6, 6.07) is 16.2. The van der Waals surface area contributed by atoms with E-state index < -0.39 is 11.6 Å². The van der Waals surface area contributed by atoms with Crippen molar-refractivity contribution in [3.05, 3.63) is 60.2 Å². The molecule has 2 fully saturated rings. The number of ether oxygens (including phenoxy) is 1. The van der Waals surface area contributed by atoms with Crippen LogP contribution in [0.5, 0.6) is 5.75 Å². The van der Waals surface area contributed by atoms with Crippen molar-refractivity contribution < 1.29 is 19.1 Å². The number of anilines is 1. The minimum atomic E-state index is -0.878. The molecule has 1 N–H and O–H groups in total. The fraction of sp³-hybridized carbons (Fsp3) is 0.400. The van der Waals surface area contributed by atoms with Crippen molar-refractivity contribution in [2.24, 2.45) is 5.92 Å². The molecule has 1 saturated heterocycles. The van der Waals surface area contributed by atoms with E-state index in [1.807, 2.05) is 61.5 Å². The topological polar surface area (TPSA) is 79.0 Å². The normalized spacial score (nSPS) is 27.2. The summed E-state index contributed by atoms with van der Waals surface area (Å²) in [6.45, 7) is 2.01. The van der Waals surface area contributed by atoms with Crippen LogP contribution in [0.2, 0.25) is 0 Å². The number of nitrogens with one attached hydrogen (secondary N) is 1. The number of carbonyl (C=O) groups excluding carboxylic acids is 3. The van der Waals surface area contributed by atoms with Crippen LogP contribution in [0.3, 0.4) is 0 Å². The van der Waals surface area contributed by atoms with Gasteiger partial charge in [-0.05, 0) is 36.5 Å². The molecule has 2 aliphatic heterocycles. The Morgan fingerprint density at radius 1 is 1.09 bits per heavy atom. The average molecular weight is 434 g/mol. The van der Waals surface area contributed by atoms with Crippen molar-refractivity contribution in [3.63, 3.8) is 0 Å². The molecular formula is C25H27N3O4. The van der Waals surface area contributed by atoms with E-state index >= 15 is 0 Å². The Labute approximate surface area is 187 Å². The molecule has 3 atom stereocenters. The lowest BCUT2D eigenvalue weighted by molar-refractivity contribution is -0.137. The number of hydrogen-bond donors (Lipinski definition) is 1. The molecule has 7 nitrogen and oxygen atoms in total. The van der Waals surface area contributed by atoms with Gasteiger partial charge in [-0.15, -0.1) is 0 Å². The molecule has 7 heteroatoms. The van der Waals surface area contributed by atoms with Gasteiger partial charge in [-0.25, -0.2) is 4.79 Å². The van der Waals surface area contributed by atoms with E-state index in [0.717, 1.165) is 29.7 Å². The molecule has 32 heavy (non-hydrogen) atoms. The standard InChI is InChI=1S/C25H27N3O4/c1-17-9-7-8-14-25(17)23(30)27(24(31)26-25)15-22(29)28-19-12-5-6-13-21(19)32-16-20(28)18-10-3-2-4-11-18/h2-6,10-13,17,20H,7-9,14-16H2,1H3,(H,26,31)/t17-,20-,25-/m1/s1. The molecule has 2 heterocycles. The molecular weight excluding hydrogens is 406 g/mol. The van der Waals surface area contributed by atoms with Crippen molar-refractivity contribution >= 4 is 23.5 Å². The highest BCUT2D eigenvalue weighted by molar-refractivity contribution is 6.11. The van der Waals surface area contributed by atoms with Crippen molar-refractivity contribution in [3.8, 4) is 5.75 Å². The summed E-state index contributed by atoms with van der Waals surface area (Å²) in [6.07, 6.45) is 3.45. The summed E-state index contributed by atoms with van der Waals surface area (Å²) in [4.78, 5) is 42.6. The van der Waals surface area contributed by atoms with E-state index in [2.05, 4.69) is 5.32 Å². The van der Waals surface area contributed by atoms with Gasteiger partial charge in [0.1, 0.15) is 24.4 Å². The third kappa shape index (κ3) is 3.23. The van der Waals surface area contributed by atoms with Gasteiger partial charge in [0.25, 0.3) is 5.91 Å². The minimum absolute atomic E-state index is 0.0500. The Bertz CT molecular complexity index is 1060. The van der Waals surface area contributed by atoms with E-state index in [0.29, 0.717) is 24.5 Å². The number of carbonyl (C=O) groups is 3. The molecule has 5 rings (SSSR count). The Morgan fingerprint density at radius 2 is 1.84 bits per heavy atom. The van der Waals surface area contributed by atoms with E-state index in [1.54, 1.807) is 4.90 Å². The van der Waals surface area contributed by atoms with Crippen molar-refractivity contribution in [1.29, 1.82) is 0 Å². The van der Waals surface area contributed by atoms with Gasteiger partial charge in [0.15, 0.2) is 0 Å². The summed E-state index contributed by atoms with van der Waals surface area (Å²) >= 11 is 0. The number of nitrogens with zero attached hydrogens (tertiary/aromatic N) is 2. The van der Waals surface area contributed by atoms with Crippen LogP contribution in [0.25, 0.3) is 0 Å². The first-order valence-electron chi connectivity index (χ1n) is 11.2. The second-order valence-corrected chi connectivity index (χ2v) is 8.91.